The lowest BCUT2D eigenvalue weighted by molar-refractivity contribution is 0.649. The smallest absolute Gasteiger partial charge is 0.0983 e. The molecule has 2 aromatic heterocycles. The van der Waals surface area contributed by atoms with E-state index < -0.39 is 0 Å². The minimum Gasteiger partial charge on any atom is -0.310 e. The molecule has 122 valence electrons. The highest BCUT2D eigenvalue weighted by atomic mass is 15.3. The first kappa shape index (κ1) is 15.1. The van der Waals surface area contributed by atoms with Gasteiger partial charge < -0.3 is 5.32 Å². The third kappa shape index (κ3) is 3.39. The van der Waals surface area contributed by atoms with Crippen LogP contribution in [0.3, 0.4) is 0 Å². The molecule has 3 aromatic rings. The lowest BCUT2D eigenvalue weighted by Crippen LogP contribution is -2.17. The Labute approximate surface area is 142 Å². The predicted molar refractivity (Wildman–Crippen MR) is 95.4 cm³/mol. The van der Waals surface area contributed by atoms with Crippen LogP contribution >= 0.6 is 0 Å². The molecule has 0 aliphatic heterocycles. The number of hydrogen-bond acceptors (Lipinski definition) is 3. The summed E-state index contributed by atoms with van der Waals surface area (Å²) in [4.78, 5) is 4.25. The van der Waals surface area contributed by atoms with Gasteiger partial charge in [0.15, 0.2) is 0 Å². The Morgan fingerprint density at radius 3 is 2.71 bits per heavy atom. The highest BCUT2D eigenvalue weighted by molar-refractivity contribution is 5.61. The minimum atomic E-state index is 0.657. The van der Waals surface area contributed by atoms with Crippen molar-refractivity contribution in [2.75, 3.05) is 0 Å². The fourth-order valence-corrected chi connectivity index (χ4v) is 3.04. The Balaban J connectivity index is 1.60. The van der Waals surface area contributed by atoms with Gasteiger partial charge in [-0.25, -0.2) is 0 Å². The molecule has 0 bridgehead atoms. The number of hydrogen-bond donors (Lipinski definition) is 1. The maximum Gasteiger partial charge on any atom is 0.0983 e. The second kappa shape index (κ2) is 6.57. The predicted octanol–water partition coefficient (Wildman–Crippen LogP) is 3.49. The molecule has 4 nitrogen and oxygen atoms in total. The van der Waals surface area contributed by atoms with E-state index in [1.54, 1.807) is 6.20 Å². The Hall–Kier alpha value is -2.46. The SMILES string of the molecule is CC1CC1NCc1cn(Cc2ccccc2)nc1-c1cccnc1. The quantitative estimate of drug-likeness (QED) is 0.756. The lowest BCUT2D eigenvalue weighted by atomic mass is 10.1. The summed E-state index contributed by atoms with van der Waals surface area (Å²) in [6.45, 7) is 3.93. The summed E-state index contributed by atoms with van der Waals surface area (Å²) < 4.78 is 2.03. The summed E-state index contributed by atoms with van der Waals surface area (Å²) in [6.07, 6.45) is 7.13. The highest BCUT2D eigenvalue weighted by Crippen LogP contribution is 2.30. The molecule has 4 heteroatoms. The van der Waals surface area contributed by atoms with Gasteiger partial charge in [-0.2, -0.15) is 5.10 Å². The molecule has 2 heterocycles. The van der Waals surface area contributed by atoms with Gasteiger partial charge in [0.05, 0.1) is 12.2 Å². The molecule has 1 saturated carbocycles. The Bertz CT molecular complexity index is 795. The van der Waals surface area contributed by atoms with Crippen LogP contribution in [0.4, 0.5) is 0 Å². The van der Waals surface area contributed by atoms with Crippen LogP contribution in [-0.2, 0) is 13.1 Å². The molecule has 4 rings (SSSR count). The molecule has 1 aromatic carbocycles. The van der Waals surface area contributed by atoms with Crippen molar-refractivity contribution in [3.05, 3.63) is 72.2 Å². The largest absolute Gasteiger partial charge is 0.310 e. The molecule has 0 amide bonds. The zero-order valence-corrected chi connectivity index (χ0v) is 13.9. The number of nitrogens with one attached hydrogen (secondary N) is 1. The summed E-state index contributed by atoms with van der Waals surface area (Å²) in [7, 11) is 0. The van der Waals surface area contributed by atoms with E-state index >= 15 is 0 Å². The van der Waals surface area contributed by atoms with Crippen molar-refractivity contribution < 1.29 is 0 Å². The van der Waals surface area contributed by atoms with Crippen LogP contribution in [0.5, 0.6) is 0 Å². The molecule has 2 atom stereocenters. The minimum absolute atomic E-state index is 0.657. The fourth-order valence-electron chi connectivity index (χ4n) is 3.04. The van der Waals surface area contributed by atoms with Crippen molar-refractivity contribution in [3.8, 4) is 11.3 Å². The lowest BCUT2D eigenvalue weighted by Gasteiger charge is -2.03. The van der Waals surface area contributed by atoms with Gasteiger partial charge in [0.1, 0.15) is 0 Å². The van der Waals surface area contributed by atoms with Crippen molar-refractivity contribution in [2.24, 2.45) is 5.92 Å². The monoisotopic (exact) mass is 318 g/mol. The first-order valence-corrected chi connectivity index (χ1v) is 8.53. The average molecular weight is 318 g/mol. The topological polar surface area (TPSA) is 42.7 Å². The molecule has 1 fully saturated rings. The van der Waals surface area contributed by atoms with Gasteiger partial charge in [0.2, 0.25) is 0 Å². The molecule has 24 heavy (non-hydrogen) atoms. The van der Waals surface area contributed by atoms with E-state index in [4.69, 9.17) is 5.10 Å². The van der Waals surface area contributed by atoms with Crippen LogP contribution in [0.25, 0.3) is 11.3 Å². The van der Waals surface area contributed by atoms with E-state index in [9.17, 15) is 0 Å². The van der Waals surface area contributed by atoms with Gasteiger partial charge in [-0.05, 0) is 30.0 Å². The van der Waals surface area contributed by atoms with E-state index in [-0.39, 0.29) is 0 Å². The number of rotatable bonds is 6. The van der Waals surface area contributed by atoms with Crippen LogP contribution in [0.1, 0.15) is 24.5 Å². The van der Waals surface area contributed by atoms with Gasteiger partial charge in [-0.3, -0.25) is 9.67 Å². The first-order chi connectivity index (χ1) is 11.8. The van der Waals surface area contributed by atoms with Crippen LogP contribution in [0, 0.1) is 5.92 Å². The molecule has 1 aliphatic rings. The summed E-state index contributed by atoms with van der Waals surface area (Å²) >= 11 is 0. The number of benzene rings is 1. The zero-order chi connectivity index (χ0) is 16.4. The van der Waals surface area contributed by atoms with E-state index in [0.717, 1.165) is 30.3 Å². The third-order valence-corrected chi connectivity index (χ3v) is 4.62. The van der Waals surface area contributed by atoms with Crippen LogP contribution in [0.15, 0.2) is 61.1 Å². The average Bonchev–Trinajstić information content (AvgIpc) is 3.18. The summed E-state index contributed by atoms with van der Waals surface area (Å²) in [5.74, 6) is 0.797. The van der Waals surface area contributed by atoms with Crippen LogP contribution in [-0.4, -0.2) is 20.8 Å². The van der Waals surface area contributed by atoms with Gasteiger partial charge in [-0.15, -0.1) is 0 Å². The van der Waals surface area contributed by atoms with Crippen LogP contribution in [0.2, 0.25) is 0 Å². The third-order valence-electron chi connectivity index (χ3n) is 4.62. The van der Waals surface area contributed by atoms with Crippen molar-refractivity contribution in [3.63, 3.8) is 0 Å². The number of aromatic nitrogens is 3. The molecule has 0 spiro atoms. The second-order valence-electron chi connectivity index (χ2n) is 6.63. The maximum absolute atomic E-state index is 4.83. The van der Waals surface area contributed by atoms with E-state index in [2.05, 4.69) is 53.8 Å². The standard InChI is InChI=1S/C20H22N4/c1-15-10-19(15)22-12-18-14-24(13-16-6-3-2-4-7-16)23-20(18)17-8-5-9-21-11-17/h2-9,11,14-15,19,22H,10,12-13H2,1H3. The maximum atomic E-state index is 4.83. The molecular formula is C20H22N4. The fraction of sp³-hybridized carbons (Fsp3) is 0.300. The first-order valence-electron chi connectivity index (χ1n) is 8.53. The summed E-state index contributed by atoms with van der Waals surface area (Å²) in [6, 6.07) is 15.1. The second-order valence-corrected chi connectivity index (χ2v) is 6.63. The van der Waals surface area contributed by atoms with Gasteiger partial charge in [0.25, 0.3) is 0 Å². The Kier molecular flexibility index (Phi) is 4.13. The van der Waals surface area contributed by atoms with E-state index in [1.165, 1.54) is 17.5 Å². The van der Waals surface area contributed by atoms with E-state index in [1.807, 2.05) is 23.0 Å². The van der Waals surface area contributed by atoms with Crippen molar-refractivity contribution in [1.82, 2.24) is 20.1 Å². The molecule has 1 aliphatic carbocycles. The molecule has 0 saturated heterocycles. The number of nitrogens with zero attached hydrogens (tertiary/aromatic N) is 3. The van der Waals surface area contributed by atoms with Gasteiger partial charge in [-0.1, -0.05) is 37.3 Å². The van der Waals surface area contributed by atoms with Crippen molar-refractivity contribution >= 4 is 0 Å². The van der Waals surface area contributed by atoms with E-state index in [0.29, 0.717) is 6.04 Å². The van der Waals surface area contributed by atoms with Crippen molar-refractivity contribution in [2.45, 2.75) is 32.5 Å². The number of pyridine rings is 1. The van der Waals surface area contributed by atoms with Gasteiger partial charge in [0, 0.05) is 42.3 Å². The zero-order valence-electron chi connectivity index (χ0n) is 13.9. The summed E-state index contributed by atoms with van der Waals surface area (Å²) in [5, 5.41) is 8.47. The molecular weight excluding hydrogens is 296 g/mol. The Morgan fingerprint density at radius 1 is 1.17 bits per heavy atom. The Morgan fingerprint density at radius 2 is 2.00 bits per heavy atom. The normalized spacial score (nSPS) is 19.4. The van der Waals surface area contributed by atoms with Crippen LogP contribution < -0.4 is 5.32 Å². The summed E-state index contributed by atoms with van der Waals surface area (Å²) in [5.41, 5.74) is 4.59. The van der Waals surface area contributed by atoms with Crippen molar-refractivity contribution in [1.29, 1.82) is 0 Å². The highest BCUT2D eigenvalue weighted by Gasteiger charge is 2.32. The molecule has 2 unspecified atom stereocenters. The molecule has 1 N–H and O–H groups in total. The van der Waals surface area contributed by atoms with Gasteiger partial charge >= 0.3 is 0 Å². The molecule has 0 radical (unpaired) electrons.